The Morgan fingerprint density at radius 3 is 2.46 bits per heavy atom. The molecule has 0 atom stereocenters. The van der Waals surface area contributed by atoms with Gasteiger partial charge in [-0.05, 0) is 48.4 Å². The maximum Gasteiger partial charge on any atom is 0.253 e. The molecule has 1 heterocycles. The highest BCUT2D eigenvalue weighted by Gasteiger charge is 2.21. The highest BCUT2D eigenvalue weighted by molar-refractivity contribution is 6.02. The van der Waals surface area contributed by atoms with Crippen LogP contribution in [0.25, 0.3) is 0 Å². The minimum atomic E-state index is -0.332. The molecule has 6 nitrogen and oxygen atoms in total. The first-order chi connectivity index (χ1) is 17.9. The second kappa shape index (κ2) is 12.5. The van der Waals surface area contributed by atoms with Gasteiger partial charge in [-0.1, -0.05) is 37.3 Å². The second-order valence-corrected chi connectivity index (χ2v) is 9.15. The Balaban J connectivity index is 1.51. The van der Waals surface area contributed by atoms with E-state index in [2.05, 4.69) is 20.4 Å². The summed E-state index contributed by atoms with van der Waals surface area (Å²) in [5.41, 5.74) is 3.24. The van der Waals surface area contributed by atoms with Crippen molar-refractivity contribution in [2.45, 2.75) is 32.9 Å². The molecule has 0 saturated carbocycles. The van der Waals surface area contributed by atoms with Crippen molar-refractivity contribution in [1.82, 2.24) is 10.2 Å². The normalized spacial score (nSPS) is 14.2. The molecule has 2 N–H and O–H groups in total. The summed E-state index contributed by atoms with van der Waals surface area (Å²) < 4.78 is 27.4. The Morgan fingerprint density at radius 2 is 1.70 bits per heavy atom. The van der Waals surface area contributed by atoms with Crippen molar-refractivity contribution >= 4 is 23.2 Å². The first kappa shape index (κ1) is 26.3. The SMILES string of the molecule is CCC(=O)Nc1ccc(N2CCCN(Cc3ccccc3F)CC2)c(C(=O)NCc2ccc(F)cc2)c1. The molecule has 3 aromatic rings. The highest BCUT2D eigenvalue weighted by atomic mass is 19.1. The van der Waals surface area contributed by atoms with E-state index in [1.165, 1.54) is 18.2 Å². The van der Waals surface area contributed by atoms with Gasteiger partial charge in [-0.3, -0.25) is 14.5 Å². The summed E-state index contributed by atoms with van der Waals surface area (Å²) >= 11 is 0. The van der Waals surface area contributed by atoms with Crippen molar-refractivity contribution in [2.24, 2.45) is 0 Å². The van der Waals surface area contributed by atoms with E-state index in [1.54, 1.807) is 31.2 Å². The molecule has 1 saturated heterocycles. The summed E-state index contributed by atoms with van der Waals surface area (Å²) in [6.45, 7) is 5.51. The van der Waals surface area contributed by atoms with E-state index in [-0.39, 0.29) is 30.0 Å². The number of hydrogen-bond acceptors (Lipinski definition) is 4. The number of rotatable bonds is 8. The van der Waals surface area contributed by atoms with Crippen molar-refractivity contribution in [3.8, 4) is 0 Å². The van der Waals surface area contributed by atoms with Crippen molar-refractivity contribution in [1.29, 1.82) is 0 Å². The molecular weight excluding hydrogens is 474 g/mol. The molecular formula is C29H32F2N4O2. The van der Waals surface area contributed by atoms with Gasteiger partial charge in [0.25, 0.3) is 5.91 Å². The van der Waals surface area contributed by atoms with Crippen LogP contribution in [0.5, 0.6) is 0 Å². The molecule has 4 rings (SSSR count). The van der Waals surface area contributed by atoms with Gasteiger partial charge in [-0.25, -0.2) is 8.78 Å². The number of hydrogen-bond donors (Lipinski definition) is 2. The largest absolute Gasteiger partial charge is 0.370 e. The van der Waals surface area contributed by atoms with Gasteiger partial charge >= 0.3 is 0 Å². The molecule has 0 bridgehead atoms. The average molecular weight is 507 g/mol. The van der Waals surface area contributed by atoms with Crippen LogP contribution in [0.3, 0.4) is 0 Å². The Bertz CT molecular complexity index is 1230. The van der Waals surface area contributed by atoms with Crippen LogP contribution in [-0.4, -0.2) is 42.9 Å². The average Bonchev–Trinajstić information content (AvgIpc) is 3.15. The molecule has 2 amide bonds. The molecule has 0 aliphatic carbocycles. The standard InChI is InChI=1S/C29H32F2N4O2/c1-2-28(36)33-24-12-13-27(25(18-24)29(37)32-19-21-8-10-23(30)11-9-21)35-15-5-14-34(16-17-35)20-22-6-3-4-7-26(22)31/h3-4,6-13,18H,2,5,14-17,19-20H2,1H3,(H,32,37)(H,33,36). The fourth-order valence-electron chi connectivity index (χ4n) is 4.44. The second-order valence-electron chi connectivity index (χ2n) is 9.15. The van der Waals surface area contributed by atoms with E-state index >= 15 is 0 Å². The first-order valence-corrected chi connectivity index (χ1v) is 12.6. The zero-order chi connectivity index (χ0) is 26.2. The molecule has 37 heavy (non-hydrogen) atoms. The van der Waals surface area contributed by atoms with Gasteiger partial charge in [-0.15, -0.1) is 0 Å². The van der Waals surface area contributed by atoms with Gasteiger partial charge in [0.2, 0.25) is 5.91 Å². The maximum atomic E-state index is 14.2. The first-order valence-electron chi connectivity index (χ1n) is 12.6. The highest BCUT2D eigenvalue weighted by Crippen LogP contribution is 2.26. The molecule has 0 unspecified atom stereocenters. The van der Waals surface area contributed by atoms with Gasteiger partial charge in [0, 0.05) is 62.6 Å². The van der Waals surface area contributed by atoms with E-state index < -0.39 is 0 Å². The Hall–Kier alpha value is -3.78. The number of nitrogens with zero attached hydrogens (tertiary/aromatic N) is 2. The van der Waals surface area contributed by atoms with Crippen LogP contribution in [0.4, 0.5) is 20.2 Å². The summed E-state index contributed by atoms with van der Waals surface area (Å²) in [5.74, 6) is -0.946. The maximum absolute atomic E-state index is 14.2. The lowest BCUT2D eigenvalue weighted by atomic mass is 10.1. The number of halogens is 2. The van der Waals surface area contributed by atoms with E-state index in [4.69, 9.17) is 0 Å². The molecule has 1 fully saturated rings. The van der Waals surface area contributed by atoms with Crippen LogP contribution < -0.4 is 15.5 Å². The molecule has 0 radical (unpaired) electrons. The summed E-state index contributed by atoms with van der Waals surface area (Å²) in [6.07, 6.45) is 1.19. The topological polar surface area (TPSA) is 64.7 Å². The molecule has 1 aliphatic rings. The number of carbonyl (C=O) groups is 2. The lowest BCUT2D eigenvalue weighted by Gasteiger charge is -2.26. The van der Waals surface area contributed by atoms with E-state index in [1.807, 2.05) is 24.3 Å². The third-order valence-corrected chi connectivity index (χ3v) is 6.49. The van der Waals surface area contributed by atoms with Crippen molar-refractivity contribution in [3.05, 3.63) is 95.1 Å². The van der Waals surface area contributed by atoms with Crippen molar-refractivity contribution < 1.29 is 18.4 Å². The van der Waals surface area contributed by atoms with E-state index in [9.17, 15) is 18.4 Å². The van der Waals surface area contributed by atoms with Gasteiger partial charge < -0.3 is 15.5 Å². The van der Waals surface area contributed by atoms with Gasteiger partial charge in [-0.2, -0.15) is 0 Å². The Morgan fingerprint density at radius 1 is 0.919 bits per heavy atom. The monoisotopic (exact) mass is 506 g/mol. The minimum absolute atomic E-state index is 0.135. The lowest BCUT2D eigenvalue weighted by Crippen LogP contribution is -2.33. The third-order valence-electron chi connectivity index (χ3n) is 6.49. The lowest BCUT2D eigenvalue weighted by molar-refractivity contribution is -0.115. The molecule has 194 valence electrons. The number of amides is 2. The minimum Gasteiger partial charge on any atom is -0.370 e. The van der Waals surface area contributed by atoms with Crippen LogP contribution in [0.1, 0.15) is 41.3 Å². The van der Waals surface area contributed by atoms with E-state index in [0.29, 0.717) is 36.3 Å². The summed E-state index contributed by atoms with van der Waals surface area (Å²) in [4.78, 5) is 29.7. The van der Waals surface area contributed by atoms with Crippen LogP contribution in [0.15, 0.2) is 66.7 Å². The molecule has 0 aromatic heterocycles. The third kappa shape index (κ3) is 7.13. The van der Waals surface area contributed by atoms with E-state index in [0.717, 1.165) is 37.3 Å². The Labute approximate surface area is 216 Å². The predicted molar refractivity (Wildman–Crippen MR) is 141 cm³/mol. The quantitative estimate of drug-likeness (QED) is 0.454. The number of carbonyl (C=O) groups excluding carboxylic acids is 2. The summed E-state index contributed by atoms with van der Waals surface area (Å²) in [7, 11) is 0. The predicted octanol–water partition coefficient (Wildman–Crippen LogP) is 4.96. The van der Waals surface area contributed by atoms with Crippen LogP contribution in [0.2, 0.25) is 0 Å². The zero-order valence-electron chi connectivity index (χ0n) is 21.0. The number of benzene rings is 3. The molecule has 3 aromatic carbocycles. The van der Waals surface area contributed by atoms with Gasteiger partial charge in [0.05, 0.1) is 5.56 Å². The summed E-state index contributed by atoms with van der Waals surface area (Å²) in [5, 5.41) is 5.75. The fraction of sp³-hybridized carbons (Fsp3) is 0.310. The number of anilines is 2. The fourth-order valence-corrected chi connectivity index (χ4v) is 4.44. The van der Waals surface area contributed by atoms with Crippen molar-refractivity contribution in [3.63, 3.8) is 0 Å². The molecule has 0 spiro atoms. The van der Waals surface area contributed by atoms with Crippen LogP contribution in [0, 0.1) is 11.6 Å². The number of nitrogens with one attached hydrogen (secondary N) is 2. The molecule has 8 heteroatoms. The Kier molecular flexibility index (Phi) is 8.85. The van der Waals surface area contributed by atoms with Crippen molar-refractivity contribution in [2.75, 3.05) is 36.4 Å². The van der Waals surface area contributed by atoms with Crippen LogP contribution >= 0.6 is 0 Å². The smallest absolute Gasteiger partial charge is 0.253 e. The van der Waals surface area contributed by atoms with Gasteiger partial charge in [0.1, 0.15) is 11.6 Å². The van der Waals surface area contributed by atoms with Gasteiger partial charge in [0.15, 0.2) is 0 Å². The summed E-state index contributed by atoms with van der Waals surface area (Å²) in [6, 6.07) is 18.2. The molecule has 1 aliphatic heterocycles. The zero-order valence-corrected chi connectivity index (χ0v) is 21.0. The van der Waals surface area contributed by atoms with Crippen LogP contribution in [-0.2, 0) is 17.9 Å².